The lowest BCUT2D eigenvalue weighted by Gasteiger charge is -2.10. The third-order valence-corrected chi connectivity index (χ3v) is 1.95. The SMILES string of the molecule is Cc1nnc(N2CC[C@@H](O)C2)o1. The summed E-state index contributed by atoms with van der Waals surface area (Å²) in [6.07, 6.45) is 0.527. The Morgan fingerprint density at radius 1 is 1.58 bits per heavy atom. The minimum atomic E-state index is -0.253. The molecule has 0 spiro atoms. The zero-order chi connectivity index (χ0) is 8.55. The number of aromatic nitrogens is 2. The maximum Gasteiger partial charge on any atom is 0.318 e. The molecule has 1 aliphatic heterocycles. The number of β-amino-alcohol motifs (C(OH)–C–C–N with tert-alkyl or cyclic N) is 1. The fraction of sp³-hybridized carbons (Fsp3) is 0.714. The minimum absolute atomic E-state index is 0.253. The molecule has 1 fully saturated rings. The van der Waals surface area contributed by atoms with E-state index in [2.05, 4.69) is 10.2 Å². The number of aryl methyl sites for hydroxylation is 1. The van der Waals surface area contributed by atoms with Crippen molar-refractivity contribution in [2.24, 2.45) is 0 Å². The van der Waals surface area contributed by atoms with E-state index in [1.54, 1.807) is 6.92 Å². The van der Waals surface area contributed by atoms with E-state index in [0.717, 1.165) is 13.0 Å². The number of anilines is 1. The van der Waals surface area contributed by atoms with E-state index < -0.39 is 0 Å². The standard InChI is InChI=1S/C7H11N3O2/c1-5-8-9-7(12-5)10-3-2-6(11)4-10/h6,11H,2-4H2,1H3/t6-/m1/s1. The number of hydrogen-bond acceptors (Lipinski definition) is 5. The molecule has 0 radical (unpaired) electrons. The van der Waals surface area contributed by atoms with Crippen molar-refractivity contribution in [2.75, 3.05) is 18.0 Å². The molecule has 5 nitrogen and oxygen atoms in total. The molecule has 2 heterocycles. The van der Waals surface area contributed by atoms with Gasteiger partial charge in [0.15, 0.2) is 0 Å². The van der Waals surface area contributed by atoms with Gasteiger partial charge in [-0.05, 0) is 6.42 Å². The molecule has 1 N–H and O–H groups in total. The second kappa shape index (κ2) is 2.75. The van der Waals surface area contributed by atoms with Crippen LogP contribution in [0.4, 0.5) is 6.01 Å². The van der Waals surface area contributed by atoms with Gasteiger partial charge in [0, 0.05) is 20.0 Å². The summed E-state index contributed by atoms with van der Waals surface area (Å²) in [6, 6.07) is 0.518. The van der Waals surface area contributed by atoms with E-state index in [-0.39, 0.29) is 6.10 Å². The summed E-state index contributed by atoms with van der Waals surface area (Å²) in [4.78, 5) is 1.89. The van der Waals surface area contributed by atoms with E-state index in [1.807, 2.05) is 4.90 Å². The lowest BCUT2D eigenvalue weighted by molar-refractivity contribution is 0.198. The van der Waals surface area contributed by atoms with Gasteiger partial charge in [-0.3, -0.25) is 0 Å². The first kappa shape index (κ1) is 7.54. The summed E-state index contributed by atoms with van der Waals surface area (Å²) in [6.45, 7) is 3.15. The highest BCUT2D eigenvalue weighted by molar-refractivity contribution is 5.26. The summed E-state index contributed by atoms with van der Waals surface area (Å²) in [5.74, 6) is 0.561. The van der Waals surface area contributed by atoms with Crippen molar-refractivity contribution in [3.05, 3.63) is 5.89 Å². The third-order valence-electron chi connectivity index (χ3n) is 1.95. The maximum atomic E-state index is 9.24. The second-order valence-electron chi connectivity index (χ2n) is 2.99. The number of nitrogens with zero attached hydrogens (tertiary/aromatic N) is 3. The quantitative estimate of drug-likeness (QED) is 0.638. The van der Waals surface area contributed by atoms with E-state index in [9.17, 15) is 5.11 Å². The normalized spacial score (nSPS) is 23.5. The zero-order valence-electron chi connectivity index (χ0n) is 6.90. The molecular formula is C7H11N3O2. The van der Waals surface area contributed by atoms with Crippen LogP contribution in [-0.4, -0.2) is 34.5 Å². The summed E-state index contributed by atoms with van der Waals surface area (Å²) in [5.41, 5.74) is 0. The molecule has 2 rings (SSSR count). The number of rotatable bonds is 1. The van der Waals surface area contributed by atoms with Gasteiger partial charge in [-0.1, -0.05) is 5.10 Å². The first-order chi connectivity index (χ1) is 5.75. The summed E-state index contributed by atoms with van der Waals surface area (Å²) in [5, 5.41) is 16.8. The van der Waals surface area contributed by atoms with E-state index >= 15 is 0 Å². The average Bonchev–Trinajstić information content (AvgIpc) is 2.58. The molecule has 1 saturated heterocycles. The van der Waals surface area contributed by atoms with E-state index in [4.69, 9.17) is 4.42 Å². The van der Waals surface area contributed by atoms with Crippen molar-refractivity contribution < 1.29 is 9.52 Å². The first-order valence-electron chi connectivity index (χ1n) is 3.99. The molecule has 0 aromatic carbocycles. The van der Waals surface area contributed by atoms with Crippen LogP contribution in [0.25, 0.3) is 0 Å². The molecule has 0 saturated carbocycles. The van der Waals surface area contributed by atoms with E-state index in [1.165, 1.54) is 0 Å². The number of aliphatic hydroxyl groups is 1. The Balaban J connectivity index is 2.11. The molecule has 1 aromatic heterocycles. The van der Waals surface area contributed by atoms with Crippen LogP contribution in [0.15, 0.2) is 4.42 Å². The van der Waals surface area contributed by atoms with Crippen molar-refractivity contribution in [3.63, 3.8) is 0 Å². The van der Waals surface area contributed by atoms with Crippen molar-refractivity contribution in [2.45, 2.75) is 19.4 Å². The Morgan fingerprint density at radius 2 is 2.42 bits per heavy atom. The van der Waals surface area contributed by atoms with Gasteiger partial charge in [0.05, 0.1) is 6.10 Å². The van der Waals surface area contributed by atoms with Crippen molar-refractivity contribution in [3.8, 4) is 0 Å². The van der Waals surface area contributed by atoms with Crippen LogP contribution in [0, 0.1) is 6.92 Å². The maximum absolute atomic E-state index is 9.24. The Morgan fingerprint density at radius 3 is 2.92 bits per heavy atom. The van der Waals surface area contributed by atoms with Gasteiger partial charge < -0.3 is 14.4 Å². The Kier molecular flexibility index (Phi) is 1.73. The van der Waals surface area contributed by atoms with Crippen LogP contribution in [-0.2, 0) is 0 Å². The highest BCUT2D eigenvalue weighted by Gasteiger charge is 2.23. The zero-order valence-corrected chi connectivity index (χ0v) is 6.90. The smallest absolute Gasteiger partial charge is 0.318 e. The second-order valence-corrected chi connectivity index (χ2v) is 2.99. The number of aliphatic hydroxyl groups excluding tert-OH is 1. The predicted molar refractivity (Wildman–Crippen MR) is 41.9 cm³/mol. The Labute approximate surface area is 70.0 Å². The van der Waals surface area contributed by atoms with Crippen LogP contribution in [0.5, 0.6) is 0 Å². The van der Waals surface area contributed by atoms with Gasteiger partial charge >= 0.3 is 6.01 Å². The molecule has 0 bridgehead atoms. The van der Waals surface area contributed by atoms with Gasteiger partial charge in [-0.25, -0.2) is 0 Å². The number of hydrogen-bond donors (Lipinski definition) is 1. The van der Waals surface area contributed by atoms with Gasteiger partial charge in [-0.15, -0.1) is 5.10 Å². The van der Waals surface area contributed by atoms with Crippen LogP contribution in [0.1, 0.15) is 12.3 Å². The lowest BCUT2D eigenvalue weighted by atomic mass is 10.3. The largest absolute Gasteiger partial charge is 0.408 e. The summed E-state index contributed by atoms with van der Waals surface area (Å²) in [7, 11) is 0. The van der Waals surface area contributed by atoms with Gasteiger partial charge in [-0.2, -0.15) is 0 Å². The Bertz CT molecular complexity index is 273. The third kappa shape index (κ3) is 1.27. The molecule has 5 heteroatoms. The average molecular weight is 169 g/mol. The van der Waals surface area contributed by atoms with Crippen molar-refractivity contribution >= 4 is 6.01 Å². The van der Waals surface area contributed by atoms with Crippen LogP contribution in [0.2, 0.25) is 0 Å². The first-order valence-corrected chi connectivity index (χ1v) is 3.99. The Hall–Kier alpha value is -1.10. The molecule has 0 aliphatic carbocycles. The molecule has 0 unspecified atom stereocenters. The van der Waals surface area contributed by atoms with Gasteiger partial charge in [0.25, 0.3) is 0 Å². The fourth-order valence-electron chi connectivity index (χ4n) is 1.33. The minimum Gasteiger partial charge on any atom is -0.408 e. The molecule has 0 amide bonds. The molecule has 1 aromatic rings. The van der Waals surface area contributed by atoms with Crippen LogP contribution >= 0.6 is 0 Å². The fourth-order valence-corrected chi connectivity index (χ4v) is 1.33. The summed E-state index contributed by atoms with van der Waals surface area (Å²) >= 11 is 0. The monoisotopic (exact) mass is 169 g/mol. The van der Waals surface area contributed by atoms with Gasteiger partial charge in [0.1, 0.15) is 0 Å². The topological polar surface area (TPSA) is 62.4 Å². The van der Waals surface area contributed by atoms with Crippen molar-refractivity contribution in [1.82, 2.24) is 10.2 Å². The molecule has 12 heavy (non-hydrogen) atoms. The molecule has 66 valence electrons. The summed E-state index contributed by atoms with van der Waals surface area (Å²) < 4.78 is 5.21. The molecule has 1 aliphatic rings. The van der Waals surface area contributed by atoms with Gasteiger partial charge in [0.2, 0.25) is 5.89 Å². The van der Waals surface area contributed by atoms with E-state index in [0.29, 0.717) is 18.5 Å². The highest BCUT2D eigenvalue weighted by atomic mass is 16.4. The molecular weight excluding hydrogens is 158 g/mol. The van der Waals surface area contributed by atoms with Crippen LogP contribution < -0.4 is 4.90 Å². The van der Waals surface area contributed by atoms with Crippen molar-refractivity contribution in [1.29, 1.82) is 0 Å². The molecule has 1 atom stereocenters. The highest BCUT2D eigenvalue weighted by Crippen LogP contribution is 2.17. The predicted octanol–water partition coefficient (Wildman–Crippen LogP) is -0.0510. The van der Waals surface area contributed by atoms with Crippen LogP contribution in [0.3, 0.4) is 0 Å². The lowest BCUT2D eigenvalue weighted by Crippen LogP contribution is -2.21.